The Morgan fingerprint density at radius 1 is 1.18 bits per heavy atom. The van der Waals surface area contributed by atoms with Gasteiger partial charge < -0.3 is 9.47 Å². The molecule has 0 aromatic carbocycles. The van der Waals surface area contributed by atoms with E-state index in [2.05, 4.69) is 21.6 Å². The van der Waals surface area contributed by atoms with Gasteiger partial charge in [0.05, 0.1) is 43.1 Å². The summed E-state index contributed by atoms with van der Waals surface area (Å²) in [6, 6.07) is 5.33. The summed E-state index contributed by atoms with van der Waals surface area (Å²) in [5.74, 6) is 0.733. The Kier molecular flexibility index (Phi) is 4.31. The second-order valence-corrected chi connectivity index (χ2v) is 6.17. The van der Waals surface area contributed by atoms with Crippen LogP contribution in [0, 0.1) is 0 Å². The number of amides is 1. The van der Waals surface area contributed by atoms with Gasteiger partial charge in [0.15, 0.2) is 5.75 Å². The summed E-state index contributed by atoms with van der Waals surface area (Å²) in [5, 5.41) is 4.24. The molecule has 1 aliphatic heterocycles. The minimum absolute atomic E-state index is 0.167. The smallest absolute Gasteiger partial charge is 0.265 e. The summed E-state index contributed by atoms with van der Waals surface area (Å²) in [6.45, 7) is 6.78. The highest BCUT2D eigenvalue weighted by Crippen LogP contribution is 2.36. The van der Waals surface area contributed by atoms with Crippen molar-refractivity contribution in [2.45, 2.75) is 13.5 Å². The quantitative estimate of drug-likeness (QED) is 0.680. The molecule has 0 atom stereocenters. The molecule has 8 nitrogen and oxygen atoms in total. The van der Waals surface area contributed by atoms with Crippen LogP contribution in [0.5, 0.6) is 11.6 Å². The fourth-order valence-corrected chi connectivity index (χ4v) is 3.15. The molecule has 0 radical (unpaired) electrons. The van der Waals surface area contributed by atoms with Crippen molar-refractivity contribution in [1.82, 2.24) is 19.7 Å². The molecule has 4 rings (SSSR count). The molecule has 0 N–H and O–H groups in total. The summed E-state index contributed by atoms with van der Waals surface area (Å²) in [7, 11) is 3.08. The van der Waals surface area contributed by atoms with Crippen LogP contribution < -0.4 is 14.4 Å². The van der Waals surface area contributed by atoms with E-state index >= 15 is 0 Å². The lowest BCUT2D eigenvalue weighted by molar-refractivity contribution is 0.101. The van der Waals surface area contributed by atoms with Gasteiger partial charge in [-0.05, 0) is 25.1 Å². The lowest BCUT2D eigenvalue weighted by atomic mass is 10.1. The molecule has 0 saturated heterocycles. The van der Waals surface area contributed by atoms with Crippen molar-refractivity contribution >= 4 is 17.3 Å². The Balaban J connectivity index is 1.73. The van der Waals surface area contributed by atoms with Crippen molar-refractivity contribution in [2.24, 2.45) is 0 Å². The molecule has 0 saturated carbocycles. The van der Waals surface area contributed by atoms with Crippen LogP contribution in [0.1, 0.15) is 23.0 Å². The van der Waals surface area contributed by atoms with E-state index in [4.69, 9.17) is 9.47 Å². The summed E-state index contributed by atoms with van der Waals surface area (Å²) < 4.78 is 12.2. The number of pyridine rings is 2. The topological polar surface area (TPSA) is 82.4 Å². The maximum atomic E-state index is 12.9. The highest BCUT2D eigenvalue weighted by atomic mass is 16.5. The summed E-state index contributed by atoms with van der Waals surface area (Å²) in [5.41, 5.74) is 3.65. The van der Waals surface area contributed by atoms with Gasteiger partial charge in [-0.1, -0.05) is 6.58 Å². The van der Waals surface area contributed by atoms with Crippen LogP contribution in [0.2, 0.25) is 0 Å². The first-order chi connectivity index (χ1) is 13.6. The maximum absolute atomic E-state index is 12.9. The van der Waals surface area contributed by atoms with Crippen LogP contribution in [-0.2, 0) is 6.54 Å². The van der Waals surface area contributed by atoms with E-state index in [9.17, 15) is 4.79 Å². The molecule has 0 aliphatic carbocycles. The molecule has 0 bridgehead atoms. The molecule has 4 heterocycles. The molecule has 142 valence electrons. The first-order valence-electron chi connectivity index (χ1n) is 8.73. The Morgan fingerprint density at radius 2 is 2.00 bits per heavy atom. The molecule has 1 amide bonds. The zero-order valence-electron chi connectivity index (χ0n) is 15.8. The van der Waals surface area contributed by atoms with E-state index in [-0.39, 0.29) is 5.91 Å². The van der Waals surface area contributed by atoms with Crippen molar-refractivity contribution in [1.29, 1.82) is 0 Å². The molecule has 8 heteroatoms. The Labute approximate surface area is 162 Å². The maximum Gasteiger partial charge on any atom is 0.265 e. The lowest BCUT2D eigenvalue weighted by Crippen LogP contribution is -2.21. The summed E-state index contributed by atoms with van der Waals surface area (Å²) in [6.07, 6.45) is 5.12. The minimum Gasteiger partial charge on any atom is -0.491 e. The van der Waals surface area contributed by atoms with E-state index in [1.807, 2.05) is 13.1 Å². The van der Waals surface area contributed by atoms with Gasteiger partial charge >= 0.3 is 0 Å². The van der Waals surface area contributed by atoms with Crippen molar-refractivity contribution in [3.8, 4) is 22.9 Å². The standard InChI is InChI=1S/C20H19N5O3/c1-5-24-11-14(10-22-24)25-12(2)18-15(20(25)26)6-7-16(23-18)13-8-17(27-3)19(28-4)21-9-13/h6-11H,2,5H2,1,3-4H3. The molecular weight excluding hydrogens is 358 g/mol. The van der Waals surface area contributed by atoms with Gasteiger partial charge in [-0.3, -0.25) is 14.4 Å². The van der Waals surface area contributed by atoms with E-state index in [1.54, 1.807) is 42.4 Å². The molecule has 3 aromatic rings. The predicted molar refractivity (Wildman–Crippen MR) is 104 cm³/mol. The average molecular weight is 377 g/mol. The number of aryl methyl sites for hydroxylation is 1. The number of carbonyl (C=O) groups is 1. The summed E-state index contributed by atoms with van der Waals surface area (Å²) in [4.78, 5) is 23.3. The van der Waals surface area contributed by atoms with Gasteiger partial charge in [-0.2, -0.15) is 5.10 Å². The molecule has 0 unspecified atom stereocenters. The number of carbonyl (C=O) groups excluding carboxylic acids is 1. The average Bonchev–Trinajstić information content (AvgIpc) is 3.30. The van der Waals surface area contributed by atoms with Crippen molar-refractivity contribution in [3.05, 3.63) is 54.6 Å². The molecule has 3 aromatic heterocycles. The molecule has 0 spiro atoms. The number of aromatic nitrogens is 4. The van der Waals surface area contributed by atoms with Gasteiger partial charge in [0.2, 0.25) is 0 Å². The highest BCUT2D eigenvalue weighted by Gasteiger charge is 2.34. The Bertz CT molecular complexity index is 1090. The Hall–Kier alpha value is -3.68. The van der Waals surface area contributed by atoms with Crippen molar-refractivity contribution in [3.63, 3.8) is 0 Å². The molecule has 1 aliphatic rings. The monoisotopic (exact) mass is 377 g/mol. The lowest BCUT2D eigenvalue weighted by Gasteiger charge is -2.14. The zero-order valence-corrected chi connectivity index (χ0v) is 15.8. The van der Waals surface area contributed by atoms with Gasteiger partial charge in [-0.25, -0.2) is 9.97 Å². The number of hydrogen-bond acceptors (Lipinski definition) is 6. The first kappa shape index (κ1) is 17.7. The second kappa shape index (κ2) is 6.80. The van der Waals surface area contributed by atoms with Crippen LogP contribution in [0.15, 0.2) is 43.4 Å². The SMILES string of the molecule is C=C1c2nc(-c3cnc(OC)c(OC)c3)ccc2C(=O)N1c1cnn(CC)c1. The van der Waals surface area contributed by atoms with Gasteiger partial charge in [0, 0.05) is 24.5 Å². The number of anilines is 1. The highest BCUT2D eigenvalue weighted by molar-refractivity contribution is 6.21. The van der Waals surface area contributed by atoms with E-state index in [0.29, 0.717) is 40.0 Å². The predicted octanol–water partition coefficient (Wildman–Crippen LogP) is 3.01. The van der Waals surface area contributed by atoms with Crippen molar-refractivity contribution in [2.75, 3.05) is 19.1 Å². The van der Waals surface area contributed by atoms with E-state index in [0.717, 1.165) is 12.1 Å². The van der Waals surface area contributed by atoms with Gasteiger partial charge in [0.1, 0.15) is 5.69 Å². The molecular formula is C20H19N5O3. The zero-order chi connectivity index (χ0) is 19.8. The molecule has 0 fully saturated rings. The van der Waals surface area contributed by atoms with Crippen molar-refractivity contribution < 1.29 is 14.3 Å². The van der Waals surface area contributed by atoms with Crippen LogP contribution in [0.4, 0.5) is 5.69 Å². The third-order valence-electron chi connectivity index (χ3n) is 4.60. The van der Waals surface area contributed by atoms with Crippen LogP contribution in [-0.4, -0.2) is 39.9 Å². The summed E-state index contributed by atoms with van der Waals surface area (Å²) >= 11 is 0. The largest absolute Gasteiger partial charge is 0.491 e. The van der Waals surface area contributed by atoms with Crippen LogP contribution >= 0.6 is 0 Å². The minimum atomic E-state index is -0.167. The fraction of sp³-hybridized carbons (Fsp3) is 0.200. The number of rotatable bonds is 5. The number of nitrogens with zero attached hydrogens (tertiary/aromatic N) is 5. The normalized spacial score (nSPS) is 13.0. The number of hydrogen-bond donors (Lipinski definition) is 0. The second-order valence-electron chi connectivity index (χ2n) is 6.17. The van der Waals surface area contributed by atoms with E-state index < -0.39 is 0 Å². The number of methoxy groups -OCH3 is 2. The third kappa shape index (κ3) is 2.70. The molecule has 28 heavy (non-hydrogen) atoms. The van der Waals surface area contributed by atoms with E-state index in [1.165, 1.54) is 12.0 Å². The van der Waals surface area contributed by atoms with Crippen LogP contribution in [0.25, 0.3) is 17.0 Å². The number of ether oxygens (including phenoxy) is 2. The number of fused-ring (bicyclic) bond motifs is 1. The van der Waals surface area contributed by atoms with Gasteiger partial charge in [-0.15, -0.1) is 0 Å². The first-order valence-corrected chi connectivity index (χ1v) is 8.73. The third-order valence-corrected chi connectivity index (χ3v) is 4.60. The Morgan fingerprint density at radius 3 is 2.68 bits per heavy atom. The fourth-order valence-electron chi connectivity index (χ4n) is 3.15. The van der Waals surface area contributed by atoms with Crippen LogP contribution in [0.3, 0.4) is 0 Å². The van der Waals surface area contributed by atoms with Gasteiger partial charge in [0.25, 0.3) is 11.8 Å².